The number of carbonyl (C=O) groups is 1. The van der Waals surface area contributed by atoms with E-state index in [1.807, 2.05) is 6.92 Å². The fourth-order valence-electron chi connectivity index (χ4n) is 1.53. The Bertz CT molecular complexity index is 690. The summed E-state index contributed by atoms with van der Waals surface area (Å²) < 4.78 is 0.746. The van der Waals surface area contributed by atoms with Crippen molar-refractivity contribution in [1.82, 2.24) is 9.97 Å². The van der Waals surface area contributed by atoms with E-state index in [2.05, 4.69) is 36.5 Å². The summed E-state index contributed by atoms with van der Waals surface area (Å²) in [4.78, 5) is 30.4. The van der Waals surface area contributed by atoms with E-state index in [9.17, 15) is 14.9 Å². The zero-order valence-corrected chi connectivity index (χ0v) is 13.2. The van der Waals surface area contributed by atoms with Crippen LogP contribution in [0.2, 0.25) is 0 Å². The van der Waals surface area contributed by atoms with Gasteiger partial charge in [-0.2, -0.15) is 0 Å². The molecule has 2 aromatic heterocycles. The van der Waals surface area contributed by atoms with Gasteiger partial charge in [0.05, 0.1) is 14.9 Å². The van der Waals surface area contributed by atoms with Crippen LogP contribution < -0.4 is 10.6 Å². The highest BCUT2D eigenvalue weighted by Gasteiger charge is 2.22. The van der Waals surface area contributed by atoms with Crippen LogP contribution in [0.5, 0.6) is 0 Å². The summed E-state index contributed by atoms with van der Waals surface area (Å²) in [5, 5.41) is 16.8. The van der Waals surface area contributed by atoms with Crippen LogP contribution in [0, 0.1) is 10.1 Å². The Labute approximate surface area is 131 Å². The predicted octanol–water partition coefficient (Wildman–Crippen LogP) is 2.89. The van der Waals surface area contributed by atoms with E-state index in [1.54, 1.807) is 0 Å². The maximum Gasteiger partial charge on any atom is 0.300 e. The van der Waals surface area contributed by atoms with E-state index in [1.165, 1.54) is 23.6 Å². The molecule has 0 fully saturated rings. The third kappa shape index (κ3) is 3.73. The van der Waals surface area contributed by atoms with Gasteiger partial charge in [0.1, 0.15) is 17.6 Å². The maximum absolute atomic E-state index is 12.2. The first-order valence-corrected chi connectivity index (χ1v) is 7.43. The van der Waals surface area contributed by atoms with Gasteiger partial charge < -0.3 is 5.32 Å². The number of anilines is 2. The van der Waals surface area contributed by atoms with E-state index in [4.69, 9.17) is 0 Å². The number of thiazole rings is 1. The number of pyridine rings is 1. The van der Waals surface area contributed by atoms with Crippen molar-refractivity contribution in [2.75, 3.05) is 17.2 Å². The number of rotatable bonds is 5. The van der Waals surface area contributed by atoms with Crippen molar-refractivity contribution >= 4 is 49.8 Å². The highest BCUT2D eigenvalue weighted by atomic mass is 79.9. The van der Waals surface area contributed by atoms with Crippen molar-refractivity contribution in [1.29, 1.82) is 0 Å². The zero-order chi connectivity index (χ0) is 15.4. The monoisotopic (exact) mass is 371 g/mol. The summed E-state index contributed by atoms with van der Waals surface area (Å²) in [6, 6.07) is 1.35. The second-order valence-electron chi connectivity index (χ2n) is 3.80. The molecule has 8 nitrogen and oxygen atoms in total. The Morgan fingerprint density at radius 3 is 2.81 bits per heavy atom. The van der Waals surface area contributed by atoms with Crippen LogP contribution in [-0.4, -0.2) is 27.3 Å². The first-order valence-electron chi connectivity index (χ1n) is 5.82. The fraction of sp³-hybridized carbons (Fsp3) is 0.182. The average Bonchev–Trinajstić information content (AvgIpc) is 2.84. The van der Waals surface area contributed by atoms with Gasteiger partial charge in [-0.15, -0.1) is 0 Å². The number of nitro groups is 1. The van der Waals surface area contributed by atoms with Crippen LogP contribution >= 0.6 is 27.3 Å². The van der Waals surface area contributed by atoms with Gasteiger partial charge in [-0.05, 0) is 22.9 Å². The van der Waals surface area contributed by atoms with Crippen molar-refractivity contribution in [3.63, 3.8) is 0 Å². The van der Waals surface area contributed by atoms with Gasteiger partial charge in [-0.3, -0.25) is 20.2 Å². The van der Waals surface area contributed by atoms with Crippen LogP contribution in [0.4, 0.5) is 16.6 Å². The molecule has 2 heterocycles. The zero-order valence-electron chi connectivity index (χ0n) is 10.8. The van der Waals surface area contributed by atoms with Gasteiger partial charge in [0.2, 0.25) is 0 Å². The largest absolute Gasteiger partial charge is 0.370 e. The molecule has 0 aliphatic carbocycles. The minimum Gasteiger partial charge on any atom is -0.370 e. The molecule has 0 spiro atoms. The normalized spacial score (nSPS) is 10.2. The molecule has 2 N–H and O–H groups in total. The molecular formula is C11H10BrN5O3S. The quantitative estimate of drug-likeness (QED) is 0.617. The lowest BCUT2D eigenvalue weighted by Gasteiger charge is -2.06. The smallest absolute Gasteiger partial charge is 0.300 e. The number of aromatic nitrogens is 2. The predicted molar refractivity (Wildman–Crippen MR) is 82.8 cm³/mol. The summed E-state index contributed by atoms with van der Waals surface area (Å²) in [5.41, 5.74) is -0.429. The van der Waals surface area contributed by atoms with Crippen molar-refractivity contribution in [2.45, 2.75) is 6.92 Å². The molecule has 0 unspecified atom stereocenters. The summed E-state index contributed by atoms with van der Waals surface area (Å²) in [5.74, 6) is -0.210. The first-order chi connectivity index (χ1) is 10.0. The van der Waals surface area contributed by atoms with E-state index in [0.717, 1.165) is 9.98 Å². The van der Waals surface area contributed by atoms with Crippen LogP contribution in [0.25, 0.3) is 0 Å². The highest BCUT2D eigenvalue weighted by Crippen LogP contribution is 2.25. The fourth-order valence-corrected chi connectivity index (χ4v) is 2.63. The topological polar surface area (TPSA) is 110 Å². The highest BCUT2D eigenvalue weighted by molar-refractivity contribution is 9.11. The van der Waals surface area contributed by atoms with Crippen LogP contribution in [0.3, 0.4) is 0 Å². The lowest BCUT2D eigenvalue weighted by Crippen LogP contribution is -2.15. The molecule has 0 saturated carbocycles. The van der Waals surface area contributed by atoms with E-state index < -0.39 is 10.8 Å². The Balaban J connectivity index is 2.32. The lowest BCUT2D eigenvalue weighted by molar-refractivity contribution is -0.385. The molecule has 0 bridgehead atoms. The molecule has 2 rings (SSSR count). The van der Waals surface area contributed by atoms with Gasteiger partial charge >= 0.3 is 0 Å². The van der Waals surface area contributed by atoms with Gasteiger partial charge in [0.25, 0.3) is 11.6 Å². The summed E-state index contributed by atoms with van der Waals surface area (Å²) in [6.45, 7) is 2.45. The molecule has 0 aliphatic rings. The molecule has 110 valence electrons. The van der Waals surface area contributed by atoms with E-state index >= 15 is 0 Å². The van der Waals surface area contributed by atoms with Crippen molar-refractivity contribution < 1.29 is 9.72 Å². The Kier molecular flexibility index (Phi) is 4.81. The molecular weight excluding hydrogens is 362 g/mol. The Hall–Kier alpha value is -2.07. The first kappa shape index (κ1) is 15.3. The molecule has 0 aromatic carbocycles. The van der Waals surface area contributed by atoms with Gasteiger partial charge in [0, 0.05) is 12.6 Å². The number of nitrogens with one attached hydrogen (secondary N) is 2. The number of hydrogen-bond acceptors (Lipinski definition) is 7. The van der Waals surface area contributed by atoms with Gasteiger partial charge in [-0.25, -0.2) is 9.97 Å². The SMILES string of the molecule is CCNc1cc(C(=O)Nc2ncc(Br)s2)c([N+](=O)[O-])cn1. The standard InChI is InChI=1S/C11H10BrN5O3S/c1-2-13-9-3-6(7(4-14-9)17(19)20)10(18)16-11-15-5-8(12)21-11/h3-5H,2H2,1H3,(H,13,14)(H,15,16,18). The molecule has 21 heavy (non-hydrogen) atoms. The second-order valence-corrected chi connectivity index (χ2v) is 6.21. The van der Waals surface area contributed by atoms with E-state index in [0.29, 0.717) is 17.5 Å². The average molecular weight is 372 g/mol. The number of nitrogens with zero attached hydrogens (tertiary/aromatic N) is 3. The Morgan fingerprint density at radius 1 is 1.48 bits per heavy atom. The Morgan fingerprint density at radius 2 is 2.24 bits per heavy atom. The van der Waals surface area contributed by atoms with Gasteiger partial charge in [-0.1, -0.05) is 11.3 Å². The molecule has 2 aromatic rings. The maximum atomic E-state index is 12.2. The lowest BCUT2D eigenvalue weighted by atomic mass is 10.2. The number of hydrogen-bond donors (Lipinski definition) is 2. The molecule has 0 saturated heterocycles. The number of carbonyl (C=O) groups excluding carboxylic acids is 1. The minimum atomic E-state index is -0.643. The minimum absolute atomic E-state index is 0.0720. The van der Waals surface area contributed by atoms with Crippen molar-refractivity contribution in [3.05, 3.63) is 37.9 Å². The van der Waals surface area contributed by atoms with Crippen LogP contribution in [0.1, 0.15) is 17.3 Å². The molecule has 10 heteroatoms. The van der Waals surface area contributed by atoms with Crippen molar-refractivity contribution in [3.8, 4) is 0 Å². The van der Waals surface area contributed by atoms with Crippen molar-refractivity contribution in [2.24, 2.45) is 0 Å². The molecule has 0 atom stereocenters. The summed E-state index contributed by atoms with van der Waals surface area (Å²) in [7, 11) is 0. The molecule has 0 aliphatic heterocycles. The van der Waals surface area contributed by atoms with Crippen LogP contribution in [-0.2, 0) is 0 Å². The van der Waals surface area contributed by atoms with Gasteiger partial charge in [0.15, 0.2) is 5.13 Å². The number of amides is 1. The third-order valence-corrected chi connectivity index (χ3v) is 3.77. The molecule has 1 amide bonds. The van der Waals surface area contributed by atoms with Crippen LogP contribution in [0.15, 0.2) is 22.2 Å². The summed E-state index contributed by atoms with van der Waals surface area (Å²) in [6.07, 6.45) is 2.59. The summed E-state index contributed by atoms with van der Waals surface area (Å²) >= 11 is 4.44. The molecule has 0 radical (unpaired) electrons. The number of halogens is 1. The van der Waals surface area contributed by atoms with E-state index in [-0.39, 0.29) is 11.3 Å². The second kappa shape index (κ2) is 6.59. The third-order valence-electron chi connectivity index (χ3n) is 2.38.